The molecule has 0 amide bonds. The summed E-state index contributed by atoms with van der Waals surface area (Å²) < 4.78 is 45.5. The van der Waals surface area contributed by atoms with Crippen LogP contribution < -0.4 is 4.72 Å². The van der Waals surface area contributed by atoms with Gasteiger partial charge in [0.2, 0.25) is 10.0 Å². The van der Waals surface area contributed by atoms with E-state index < -0.39 is 15.8 Å². The normalized spacial score (nSPS) is 18.5. The number of rotatable bonds is 5. The van der Waals surface area contributed by atoms with E-state index in [0.717, 1.165) is 25.5 Å². The van der Waals surface area contributed by atoms with E-state index >= 15 is 0 Å². The van der Waals surface area contributed by atoms with Gasteiger partial charge in [0.1, 0.15) is 11.6 Å². The topological polar surface area (TPSA) is 81.2 Å². The van der Waals surface area contributed by atoms with Gasteiger partial charge in [-0.2, -0.15) is 0 Å². The second-order valence-electron chi connectivity index (χ2n) is 5.60. The lowest BCUT2D eigenvalue weighted by Gasteiger charge is -2.20. The second kappa shape index (κ2) is 7.33. The number of hydrogen-bond acceptors (Lipinski definition) is 5. The van der Waals surface area contributed by atoms with Crippen molar-refractivity contribution >= 4 is 10.0 Å². The molecule has 1 aliphatic rings. The van der Waals surface area contributed by atoms with Crippen LogP contribution in [0.15, 0.2) is 41.4 Å². The van der Waals surface area contributed by atoms with Crippen LogP contribution in [-0.2, 0) is 21.3 Å². The Morgan fingerprint density at radius 1 is 1.33 bits per heavy atom. The van der Waals surface area contributed by atoms with Crippen LogP contribution in [0.5, 0.6) is 0 Å². The van der Waals surface area contributed by atoms with E-state index in [1.165, 1.54) is 18.2 Å². The number of hydrogen-bond donors (Lipinski definition) is 1. The van der Waals surface area contributed by atoms with Crippen LogP contribution in [0, 0.1) is 5.82 Å². The molecular formula is C16H18FN3O3S. The van der Waals surface area contributed by atoms with Gasteiger partial charge in [-0.05, 0) is 37.1 Å². The van der Waals surface area contributed by atoms with Crippen LogP contribution in [0.2, 0.25) is 0 Å². The summed E-state index contributed by atoms with van der Waals surface area (Å²) in [5.41, 5.74) is 0.561. The molecule has 0 aliphatic carbocycles. The van der Waals surface area contributed by atoms with E-state index in [4.69, 9.17) is 4.74 Å². The molecular weight excluding hydrogens is 333 g/mol. The summed E-state index contributed by atoms with van der Waals surface area (Å²) in [6, 6.07) is 6.53. The summed E-state index contributed by atoms with van der Waals surface area (Å²) in [7, 11) is -3.79. The van der Waals surface area contributed by atoms with Crippen molar-refractivity contribution in [1.29, 1.82) is 0 Å². The van der Waals surface area contributed by atoms with Gasteiger partial charge in [-0.1, -0.05) is 6.07 Å². The molecule has 2 heterocycles. The van der Waals surface area contributed by atoms with Gasteiger partial charge in [0, 0.05) is 18.7 Å². The molecule has 6 nitrogen and oxygen atoms in total. The van der Waals surface area contributed by atoms with E-state index in [9.17, 15) is 12.8 Å². The molecule has 3 rings (SSSR count). The summed E-state index contributed by atoms with van der Waals surface area (Å²) in [6.45, 7) is 1.35. The Morgan fingerprint density at radius 2 is 2.21 bits per heavy atom. The smallest absolute Gasteiger partial charge is 0.241 e. The van der Waals surface area contributed by atoms with Crippen LogP contribution in [0.25, 0.3) is 0 Å². The summed E-state index contributed by atoms with van der Waals surface area (Å²) >= 11 is 0. The quantitative estimate of drug-likeness (QED) is 0.891. The van der Waals surface area contributed by atoms with Gasteiger partial charge in [-0.15, -0.1) is 0 Å². The summed E-state index contributed by atoms with van der Waals surface area (Å²) in [4.78, 5) is 8.56. The van der Waals surface area contributed by atoms with Gasteiger partial charge in [-0.25, -0.2) is 27.5 Å². The van der Waals surface area contributed by atoms with Crippen molar-refractivity contribution < 1.29 is 17.5 Å². The molecule has 8 heteroatoms. The van der Waals surface area contributed by atoms with Crippen LogP contribution in [-0.4, -0.2) is 31.6 Å². The minimum atomic E-state index is -3.79. The zero-order chi connectivity index (χ0) is 17.0. The minimum absolute atomic E-state index is 0.0158. The Bertz CT molecular complexity index is 808. The maximum Gasteiger partial charge on any atom is 0.241 e. The Kier molecular flexibility index (Phi) is 5.17. The first-order valence-corrected chi connectivity index (χ1v) is 9.18. The number of halogens is 1. The minimum Gasteiger partial charge on any atom is -0.381 e. The molecule has 1 unspecified atom stereocenters. The highest BCUT2D eigenvalue weighted by Gasteiger charge is 2.19. The van der Waals surface area contributed by atoms with Gasteiger partial charge in [0.25, 0.3) is 0 Å². The lowest BCUT2D eigenvalue weighted by molar-refractivity contribution is 0.0780. The Morgan fingerprint density at radius 3 is 2.96 bits per heavy atom. The third-order valence-electron chi connectivity index (χ3n) is 3.81. The van der Waals surface area contributed by atoms with Gasteiger partial charge < -0.3 is 4.74 Å². The van der Waals surface area contributed by atoms with Crippen molar-refractivity contribution in [3.63, 3.8) is 0 Å². The second-order valence-corrected chi connectivity index (χ2v) is 7.37. The largest absolute Gasteiger partial charge is 0.381 e. The average Bonchev–Trinajstić information content (AvgIpc) is 2.61. The molecule has 1 aliphatic heterocycles. The first-order valence-electron chi connectivity index (χ1n) is 7.69. The molecule has 1 saturated heterocycles. The number of nitrogens with zero attached hydrogens (tertiary/aromatic N) is 2. The van der Waals surface area contributed by atoms with Crippen LogP contribution in [0.1, 0.15) is 30.3 Å². The number of sulfonamides is 1. The fourth-order valence-electron chi connectivity index (χ4n) is 2.54. The number of benzene rings is 1. The molecule has 2 aromatic rings. The van der Waals surface area contributed by atoms with E-state index in [1.54, 1.807) is 12.3 Å². The molecule has 0 radical (unpaired) electrons. The zero-order valence-corrected chi connectivity index (χ0v) is 13.8. The van der Waals surface area contributed by atoms with Gasteiger partial charge >= 0.3 is 0 Å². The third kappa shape index (κ3) is 4.14. The van der Waals surface area contributed by atoms with Crippen molar-refractivity contribution in [2.45, 2.75) is 30.2 Å². The summed E-state index contributed by atoms with van der Waals surface area (Å²) in [5, 5.41) is 0. The molecule has 0 bridgehead atoms. The van der Waals surface area contributed by atoms with Crippen molar-refractivity contribution in [3.05, 3.63) is 53.9 Å². The predicted octanol–water partition coefficient (Wildman–Crippen LogP) is 1.99. The molecule has 128 valence electrons. The number of aromatic nitrogens is 2. The van der Waals surface area contributed by atoms with Crippen molar-refractivity contribution in [2.24, 2.45) is 0 Å². The van der Waals surface area contributed by atoms with E-state index in [1.807, 2.05) is 0 Å². The van der Waals surface area contributed by atoms with Gasteiger partial charge in [0.05, 0.1) is 23.7 Å². The average molecular weight is 351 g/mol. The highest BCUT2D eigenvalue weighted by molar-refractivity contribution is 7.89. The van der Waals surface area contributed by atoms with Gasteiger partial charge in [-0.3, -0.25) is 0 Å². The Balaban J connectivity index is 1.70. The highest BCUT2D eigenvalue weighted by Crippen LogP contribution is 2.22. The Labute approximate surface area is 140 Å². The molecule has 1 aromatic carbocycles. The van der Waals surface area contributed by atoms with Crippen LogP contribution in [0.4, 0.5) is 4.39 Å². The molecule has 1 atom stereocenters. The highest BCUT2D eigenvalue weighted by atomic mass is 32.2. The third-order valence-corrected chi connectivity index (χ3v) is 5.21. The monoisotopic (exact) mass is 351 g/mol. The van der Waals surface area contributed by atoms with E-state index in [-0.39, 0.29) is 17.4 Å². The number of ether oxygens (including phenoxy) is 1. The maximum atomic E-state index is 13.2. The zero-order valence-electron chi connectivity index (χ0n) is 13.0. The molecule has 24 heavy (non-hydrogen) atoms. The fraction of sp³-hybridized carbons (Fsp3) is 0.375. The maximum absolute atomic E-state index is 13.2. The first-order chi connectivity index (χ1) is 11.5. The predicted molar refractivity (Wildman–Crippen MR) is 85.3 cm³/mol. The lowest BCUT2D eigenvalue weighted by Crippen LogP contribution is -2.24. The fourth-order valence-corrected chi connectivity index (χ4v) is 3.57. The van der Waals surface area contributed by atoms with E-state index in [0.29, 0.717) is 18.1 Å². The molecule has 1 N–H and O–H groups in total. The first kappa shape index (κ1) is 16.9. The van der Waals surface area contributed by atoms with Crippen LogP contribution >= 0.6 is 0 Å². The van der Waals surface area contributed by atoms with Crippen molar-refractivity contribution in [3.8, 4) is 0 Å². The van der Waals surface area contributed by atoms with Crippen molar-refractivity contribution in [1.82, 2.24) is 14.7 Å². The Hall–Kier alpha value is -1.90. The molecule has 0 saturated carbocycles. The van der Waals surface area contributed by atoms with Gasteiger partial charge in [0.15, 0.2) is 0 Å². The lowest BCUT2D eigenvalue weighted by atomic mass is 10.0. The van der Waals surface area contributed by atoms with Crippen LogP contribution in [0.3, 0.4) is 0 Å². The molecule has 1 fully saturated rings. The van der Waals surface area contributed by atoms with E-state index in [2.05, 4.69) is 14.7 Å². The summed E-state index contributed by atoms with van der Waals surface area (Å²) in [5.74, 6) is 0.204. The SMILES string of the molecule is O=S(=O)(NCc1ccnc(C2CCCOC2)n1)c1cccc(F)c1. The molecule has 1 aromatic heterocycles. The summed E-state index contributed by atoms with van der Waals surface area (Å²) in [6.07, 6.45) is 3.53. The molecule has 0 spiro atoms. The number of nitrogens with one attached hydrogen (secondary N) is 1. The van der Waals surface area contributed by atoms with Crippen molar-refractivity contribution in [2.75, 3.05) is 13.2 Å². The standard InChI is InChI=1S/C16H18FN3O3S/c17-13-4-1-5-15(9-13)24(21,22)19-10-14-6-7-18-16(20-14)12-3-2-8-23-11-12/h1,4-7,9,12,19H,2-3,8,10-11H2.